The van der Waals surface area contributed by atoms with Crippen molar-refractivity contribution in [3.05, 3.63) is 60.4 Å². The molecule has 4 rings (SSSR count). The van der Waals surface area contributed by atoms with Crippen molar-refractivity contribution < 1.29 is 9.90 Å². The quantitative estimate of drug-likeness (QED) is 0.685. The van der Waals surface area contributed by atoms with Crippen molar-refractivity contribution in [1.82, 2.24) is 20.1 Å². The zero-order valence-corrected chi connectivity index (χ0v) is 16.8. The molecule has 0 saturated carbocycles. The lowest BCUT2D eigenvalue weighted by molar-refractivity contribution is -0.132. The van der Waals surface area contributed by atoms with Crippen molar-refractivity contribution >= 4 is 17.4 Å². The number of piperazine rings is 1. The summed E-state index contributed by atoms with van der Waals surface area (Å²) < 4.78 is 0. The first-order valence-corrected chi connectivity index (χ1v) is 9.89. The Hall–Kier alpha value is -3.68. The van der Waals surface area contributed by atoms with E-state index in [9.17, 15) is 9.90 Å². The van der Waals surface area contributed by atoms with E-state index in [0.29, 0.717) is 43.1 Å². The van der Waals surface area contributed by atoms with E-state index in [0.717, 1.165) is 11.4 Å². The number of benzene rings is 1. The molecule has 0 spiro atoms. The Morgan fingerprint density at radius 2 is 1.97 bits per heavy atom. The molecule has 0 bridgehead atoms. The number of phenolic OH excluding ortho intramolecular Hbond substituents is 1. The number of rotatable bonds is 4. The second-order valence-electron chi connectivity index (χ2n) is 7.40. The molecule has 0 aliphatic carbocycles. The molecule has 1 aromatic carbocycles. The Morgan fingerprint density at radius 1 is 1.17 bits per heavy atom. The largest absolute Gasteiger partial charge is 0.507 e. The highest BCUT2D eigenvalue weighted by Gasteiger charge is 2.29. The predicted molar refractivity (Wildman–Crippen MR) is 115 cm³/mol. The Kier molecular flexibility index (Phi) is 5.47. The van der Waals surface area contributed by atoms with E-state index < -0.39 is 0 Å². The Bertz CT molecular complexity index is 1040. The van der Waals surface area contributed by atoms with E-state index in [1.807, 2.05) is 42.2 Å². The molecule has 1 aliphatic heterocycles. The lowest BCUT2D eigenvalue weighted by Crippen LogP contribution is -2.54. The molecule has 2 aromatic heterocycles. The summed E-state index contributed by atoms with van der Waals surface area (Å²) in [5.41, 5.74) is 8.79. The summed E-state index contributed by atoms with van der Waals surface area (Å²) in [6.45, 7) is 3.87. The molecule has 0 radical (unpaired) electrons. The van der Waals surface area contributed by atoms with Gasteiger partial charge in [0.1, 0.15) is 5.75 Å². The predicted octanol–water partition coefficient (Wildman–Crippen LogP) is 2.11. The molecule has 1 aliphatic rings. The maximum Gasteiger partial charge on any atom is 0.228 e. The van der Waals surface area contributed by atoms with E-state index in [2.05, 4.69) is 20.1 Å². The molecule has 1 atom stereocenters. The molecular formula is C22H24N6O2. The van der Waals surface area contributed by atoms with Gasteiger partial charge in [0, 0.05) is 43.1 Å². The molecule has 154 valence electrons. The van der Waals surface area contributed by atoms with Crippen LogP contribution in [0.25, 0.3) is 11.3 Å². The van der Waals surface area contributed by atoms with Gasteiger partial charge in [-0.1, -0.05) is 18.2 Å². The van der Waals surface area contributed by atoms with Crippen LogP contribution in [-0.2, 0) is 11.2 Å². The number of nitrogen functional groups attached to an aromatic ring is 1. The third-order valence-corrected chi connectivity index (χ3v) is 5.33. The summed E-state index contributed by atoms with van der Waals surface area (Å²) >= 11 is 0. The molecular weight excluding hydrogens is 380 g/mol. The van der Waals surface area contributed by atoms with Crippen LogP contribution < -0.4 is 10.6 Å². The number of aromatic nitrogens is 3. The average Bonchev–Trinajstić information content (AvgIpc) is 2.75. The van der Waals surface area contributed by atoms with Gasteiger partial charge < -0.3 is 20.6 Å². The zero-order valence-electron chi connectivity index (χ0n) is 16.8. The van der Waals surface area contributed by atoms with Crippen LogP contribution in [-0.4, -0.2) is 56.8 Å². The van der Waals surface area contributed by atoms with Crippen LogP contribution in [0.4, 0.5) is 11.5 Å². The summed E-state index contributed by atoms with van der Waals surface area (Å²) in [5.74, 6) is 0.534. The molecule has 1 fully saturated rings. The Morgan fingerprint density at radius 3 is 2.70 bits per heavy atom. The van der Waals surface area contributed by atoms with Crippen LogP contribution in [0.5, 0.6) is 5.75 Å². The number of amides is 1. The number of hydrogen-bond donors (Lipinski definition) is 2. The first kappa shape index (κ1) is 19.6. The van der Waals surface area contributed by atoms with Gasteiger partial charge in [-0.2, -0.15) is 0 Å². The van der Waals surface area contributed by atoms with Crippen LogP contribution in [0, 0.1) is 0 Å². The first-order valence-electron chi connectivity index (χ1n) is 9.89. The van der Waals surface area contributed by atoms with E-state index >= 15 is 0 Å². The van der Waals surface area contributed by atoms with Gasteiger partial charge in [-0.3, -0.25) is 9.78 Å². The lowest BCUT2D eigenvalue weighted by atomic mass is 10.1. The number of carbonyl (C=O) groups excluding carboxylic acids is 1. The van der Waals surface area contributed by atoms with E-state index in [1.54, 1.807) is 24.4 Å². The van der Waals surface area contributed by atoms with Crippen molar-refractivity contribution in [2.24, 2.45) is 0 Å². The van der Waals surface area contributed by atoms with Crippen LogP contribution in [0.1, 0.15) is 12.6 Å². The number of pyridine rings is 1. The zero-order chi connectivity index (χ0) is 21.1. The van der Waals surface area contributed by atoms with Crippen molar-refractivity contribution in [1.29, 1.82) is 0 Å². The second kappa shape index (κ2) is 8.36. The number of nitrogens with zero attached hydrogens (tertiary/aromatic N) is 5. The molecule has 8 nitrogen and oxygen atoms in total. The van der Waals surface area contributed by atoms with E-state index in [1.165, 1.54) is 0 Å². The van der Waals surface area contributed by atoms with Gasteiger partial charge in [-0.25, -0.2) is 0 Å². The fraction of sp³-hybridized carbons (Fsp3) is 0.273. The van der Waals surface area contributed by atoms with E-state index in [-0.39, 0.29) is 17.7 Å². The van der Waals surface area contributed by atoms with E-state index in [4.69, 9.17) is 5.73 Å². The highest BCUT2D eigenvalue weighted by atomic mass is 16.3. The number of para-hydroxylation sites is 1. The lowest BCUT2D eigenvalue weighted by Gasteiger charge is -2.41. The minimum atomic E-state index is 0.0103. The fourth-order valence-corrected chi connectivity index (χ4v) is 3.77. The topological polar surface area (TPSA) is 108 Å². The maximum atomic E-state index is 12.8. The highest BCUT2D eigenvalue weighted by Crippen LogP contribution is 2.32. The van der Waals surface area contributed by atoms with Crippen LogP contribution in [0.2, 0.25) is 0 Å². The summed E-state index contributed by atoms with van der Waals surface area (Å²) in [6.07, 6.45) is 1.99. The first-order chi connectivity index (χ1) is 14.5. The fourth-order valence-electron chi connectivity index (χ4n) is 3.77. The van der Waals surface area contributed by atoms with Crippen LogP contribution >= 0.6 is 0 Å². The molecule has 3 heterocycles. The van der Waals surface area contributed by atoms with Gasteiger partial charge in [0.05, 0.1) is 17.8 Å². The van der Waals surface area contributed by atoms with Crippen LogP contribution in [0.15, 0.2) is 54.7 Å². The summed E-state index contributed by atoms with van der Waals surface area (Å²) in [5, 5.41) is 18.4. The number of phenols is 1. The molecule has 1 amide bonds. The van der Waals surface area contributed by atoms with Crippen molar-refractivity contribution in [2.75, 3.05) is 30.3 Å². The monoisotopic (exact) mass is 404 g/mol. The Balaban J connectivity index is 1.50. The summed E-state index contributed by atoms with van der Waals surface area (Å²) in [4.78, 5) is 21.0. The SMILES string of the molecule is CC1CN(c2cc(-c3ccccc3O)nnc2N)CCN1C(=O)Cc1ccccn1. The summed E-state index contributed by atoms with van der Waals surface area (Å²) in [7, 11) is 0. The third kappa shape index (κ3) is 4.03. The number of nitrogens with two attached hydrogens (primary N) is 1. The normalized spacial score (nSPS) is 16.5. The minimum Gasteiger partial charge on any atom is -0.507 e. The van der Waals surface area contributed by atoms with Crippen molar-refractivity contribution in [2.45, 2.75) is 19.4 Å². The molecule has 8 heteroatoms. The van der Waals surface area contributed by atoms with Crippen molar-refractivity contribution in [3.8, 4) is 17.0 Å². The highest BCUT2D eigenvalue weighted by molar-refractivity contribution is 5.79. The number of anilines is 2. The van der Waals surface area contributed by atoms with Gasteiger partial charge in [0.2, 0.25) is 5.91 Å². The standard InChI is InChI=1S/C22H24N6O2/c1-15-14-27(10-11-28(15)21(30)12-16-6-4-5-9-24-16)19-13-18(25-26-22(19)23)17-7-2-3-8-20(17)29/h2-9,13,15,29H,10-12,14H2,1H3,(H2,23,26). The van der Waals surface area contributed by atoms with Gasteiger partial charge in [0.15, 0.2) is 5.82 Å². The van der Waals surface area contributed by atoms with Crippen LogP contribution in [0.3, 0.4) is 0 Å². The van der Waals surface area contributed by atoms with Gasteiger partial charge >= 0.3 is 0 Å². The molecule has 1 saturated heterocycles. The molecule has 3 aromatic rings. The second-order valence-corrected chi connectivity index (χ2v) is 7.40. The van der Waals surface area contributed by atoms with Gasteiger partial charge in [-0.05, 0) is 37.3 Å². The summed E-state index contributed by atoms with van der Waals surface area (Å²) in [6, 6.07) is 14.4. The number of hydrogen-bond acceptors (Lipinski definition) is 7. The smallest absolute Gasteiger partial charge is 0.228 e. The molecule has 30 heavy (non-hydrogen) atoms. The van der Waals surface area contributed by atoms with Gasteiger partial charge in [-0.15, -0.1) is 10.2 Å². The molecule has 1 unspecified atom stereocenters. The minimum absolute atomic E-state index is 0.0103. The van der Waals surface area contributed by atoms with Crippen molar-refractivity contribution in [3.63, 3.8) is 0 Å². The number of carbonyl (C=O) groups is 1. The average molecular weight is 404 g/mol. The molecule has 3 N–H and O–H groups in total. The number of aromatic hydroxyl groups is 1. The third-order valence-electron chi connectivity index (χ3n) is 5.33. The van der Waals surface area contributed by atoms with Gasteiger partial charge in [0.25, 0.3) is 0 Å². The maximum absolute atomic E-state index is 12.8. The Labute approximate surface area is 175 Å².